The second-order valence-electron chi connectivity index (χ2n) is 8.09. The van der Waals surface area contributed by atoms with Crippen LogP contribution in [0.3, 0.4) is 0 Å². The fourth-order valence-corrected chi connectivity index (χ4v) is 4.35. The number of benzene rings is 1. The maximum Gasteiger partial charge on any atom is 0.511 e. The van der Waals surface area contributed by atoms with Gasteiger partial charge in [-0.3, -0.25) is 9.69 Å². The van der Waals surface area contributed by atoms with E-state index in [0.29, 0.717) is 23.8 Å². The molecule has 4 rings (SSSR count). The predicted octanol–water partition coefficient (Wildman–Crippen LogP) is 3.45. The second-order valence-corrected chi connectivity index (χ2v) is 8.09. The lowest BCUT2D eigenvalue weighted by molar-refractivity contribution is 0.143. The van der Waals surface area contributed by atoms with Crippen molar-refractivity contribution in [1.82, 2.24) is 9.47 Å². The number of ether oxygens (including phenoxy) is 1. The van der Waals surface area contributed by atoms with Crippen molar-refractivity contribution in [2.75, 3.05) is 24.5 Å². The Morgan fingerprint density at radius 3 is 2.59 bits per heavy atom. The Labute approximate surface area is 168 Å². The third-order valence-corrected chi connectivity index (χ3v) is 6.04. The zero-order chi connectivity index (χ0) is 20.9. The zero-order valence-electron chi connectivity index (χ0n) is 16.9. The topological polar surface area (TPSA) is 75.0 Å². The van der Waals surface area contributed by atoms with Crippen molar-refractivity contribution >= 4 is 22.7 Å². The number of carbonyl (C=O) groups is 1. The van der Waals surface area contributed by atoms with E-state index < -0.39 is 17.4 Å². The first-order valence-corrected chi connectivity index (χ1v) is 10.1. The van der Waals surface area contributed by atoms with Gasteiger partial charge in [0.05, 0.1) is 22.8 Å². The van der Waals surface area contributed by atoms with Crippen LogP contribution >= 0.6 is 0 Å². The molecule has 0 radical (unpaired) electrons. The lowest BCUT2D eigenvalue weighted by atomic mass is 10.1. The van der Waals surface area contributed by atoms with E-state index in [1.54, 1.807) is 6.07 Å². The first-order chi connectivity index (χ1) is 13.8. The maximum absolute atomic E-state index is 15.1. The molecule has 0 bridgehead atoms. The third kappa shape index (κ3) is 3.57. The van der Waals surface area contributed by atoms with Crippen molar-refractivity contribution in [3.05, 3.63) is 34.4 Å². The summed E-state index contributed by atoms with van der Waals surface area (Å²) in [5.74, 6) is -0.768. The number of pyridine rings is 1. The monoisotopic (exact) mass is 403 g/mol. The molecule has 1 aliphatic heterocycles. The molecule has 7 nitrogen and oxygen atoms in total. The number of nitrogens with zero attached hydrogens (tertiary/aromatic N) is 3. The van der Waals surface area contributed by atoms with Crippen molar-refractivity contribution < 1.29 is 19.0 Å². The van der Waals surface area contributed by atoms with Gasteiger partial charge >= 0.3 is 6.16 Å². The summed E-state index contributed by atoms with van der Waals surface area (Å²) >= 11 is 0. The Bertz CT molecular complexity index is 1020. The summed E-state index contributed by atoms with van der Waals surface area (Å²) in [7, 11) is 0. The number of halogens is 1. The molecule has 1 aliphatic carbocycles. The summed E-state index contributed by atoms with van der Waals surface area (Å²) in [4.78, 5) is 28.1. The van der Waals surface area contributed by atoms with Crippen molar-refractivity contribution in [2.45, 2.75) is 51.7 Å². The van der Waals surface area contributed by atoms with E-state index in [1.807, 2.05) is 4.57 Å². The van der Waals surface area contributed by atoms with Crippen molar-refractivity contribution in [3.63, 3.8) is 0 Å². The molecule has 2 unspecified atom stereocenters. The number of fused-ring (bicyclic) bond motifs is 1. The van der Waals surface area contributed by atoms with E-state index in [-0.39, 0.29) is 23.2 Å². The smallest absolute Gasteiger partial charge is 0.449 e. The number of anilines is 1. The van der Waals surface area contributed by atoms with E-state index in [4.69, 9.17) is 5.11 Å². The van der Waals surface area contributed by atoms with Crippen molar-refractivity contribution in [1.29, 1.82) is 0 Å². The lowest BCUT2D eigenvalue weighted by Crippen LogP contribution is -2.56. The highest BCUT2D eigenvalue weighted by Crippen LogP contribution is 2.39. The minimum absolute atomic E-state index is 0.133. The van der Waals surface area contributed by atoms with Gasteiger partial charge in [-0.25, -0.2) is 9.18 Å². The first-order valence-electron chi connectivity index (χ1n) is 10.1. The molecule has 1 aromatic carbocycles. The highest BCUT2D eigenvalue weighted by atomic mass is 19.1. The number of rotatable bonds is 4. The molecule has 29 heavy (non-hydrogen) atoms. The van der Waals surface area contributed by atoms with Gasteiger partial charge in [-0.2, -0.15) is 0 Å². The number of aromatic nitrogens is 1. The Balaban J connectivity index is 1.83. The van der Waals surface area contributed by atoms with Gasteiger partial charge in [0.1, 0.15) is 5.82 Å². The molecule has 1 saturated carbocycles. The summed E-state index contributed by atoms with van der Waals surface area (Å²) in [5, 5.41) is 9.06. The number of hydrogen-bond donors (Lipinski definition) is 1. The van der Waals surface area contributed by atoms with Crippen molar-refractivity contribution in [3.8, 4) is 5.75 Å². The van der Waals surface area contributed by atoms with E-state index in [1.165, 1.54) is 12.3 Å². The first kappa shape index (κ1) is 19.7. The highest BCUT2D eigenvalue weighted by molar-refractivity contribution is 5.85. The molecule has 2 heterocycles. The fraction of sp³-hybridized carbons (Fsp3) is 0.524. The second kappa shape index (κ2) is 7.33. The van der Waals surface area contributed by atoms with Crippen LogP contribution < -0.4 is 15.1 Å². The van der Waals surface area contributed by atoms with Crippen LogP contribution in [0.4, 0.5) is 14.9 Å². The number of hydrogen-bond acceptors (Lipinski definition) is 5. The third-order valence-electron chi connectivity index (χ3n) is 6.04. The predicted molar refractivity (Wildman–Crippen MR) is 109 cm³/mol. The molecule has 2 aliphatic rings. The number of carboxylic acid groups (broad SMARTS) is 1. The molecule has 0 amide bonds. The normalized spacial score (nSPS) is 22.8. The summed E-state index contributed by atoms with van der Waals surface area (Å²) < 4.78 is 21.7. The number of piperazine rings is 1. The van der Waals surface area contributed by atoms with Crippen LogP contribution in [-0.2, 0) is 0 Å². The summed E-state index contributed by atoms with van der Waals surface area (Å²) in [6.45, 7) is 8.84. The van der Waals surface area contributed by atoms with Crippen LogP contribution in [0.5, 0.6) is 5.75 Å². The minimum Gasteiger partial charge on any atom is -0.449 e. The molecule has 0 spiro atoms. The summed E-state index contributed by atoms with van der Waals surface area (Å²) in [5.41, 5.74) is 0.486. The van der Waals surface area contributed by atoms with Gasteiger partial charge < -0.3 is 19.3 Å². The zero-order valence-corrected chi connectivity index (χ0v) is 16.9. The largest absolute Gasteiger partial charge is 0.511 e. The molecule has 2 fully saturated rings. The van der Waals surface area contributed by atoms with Crippen LogP contribution in [0.1, 0.15) is 39.7 Å². The van der Waals surface area contributed by atoms with E-state index in [2.05, 4.69) is 35.3 Å². The molecule has 1 aromatic heterocycles. The number of likely N-dealkylation sites (N-methyl/N-ethyl adjacent to an activating group) is 1. The van der Waals surface area contributed by atoms with Gasteiger partial charge in [0, 0.05) is 31.2 Å². The standard InChI is InChI=1S/C21H26FN3O4/c1-4-23-9-13(3)24(10-12(23)2)18-8-17-15(7-16(18)22)20(26)19(29-21(27)28)11-25(17)14-5-6-14/h7-8,11-14H,4-6,9-10H2,1-3H3,(H,27,28). The Morgan fingerprint density at radius 1 is 1.24 bits per heavy atom. The maximum atomic E-state index is 15.1. The minimum atomic E-state index is -1.56. The van der Waals surface area contributed by atoms with Crippen LogP contribution in [-0.4, -0.2) is 52.4 Å². The Kier molecular flexibility index (Phi) is 4.98. The van der Waals surface area contributed by atoms with Gasteiger partial charge in [0.25, 0.3) is 0 Å². The van der Waals surface area contributed by atoms with Crippen LogP contribution in [0.2, 0.25) is 0 Å². The SMILES string of the molecule is CCN1CC(C)N(c2cc3c(cc2F)c(=O)c(OC(=O)O)cn3C2CC2)CC1C. The summed E-state index contributed by atoms with van der Waals surface area (Å²) in [6, 6.07) is 3.56. The van der Waals surface area contributed by atoms with E-state index in [9.17, 15) is 9.59 Å². The van der Waals surface area contributed by atoms with E-state index in [0.717, 1.165) is 25.9 Å². The van der Waals surface area contributed by atoms with Gasteiger partial charge in [0.2, 0.25) is 5.43 Å². The van der Waals surface area contributed by atoms with Gasteiger partial charge in [0.15, 0.2) is 5.75 Å². The van der Waals surface area contributed by atoms with E-state index >= 15 is 4.39 Å². The molecule has 2 aromatic rings. The lowest BCUT2D eigenvalue weighted by Gasteiger charge is -2.45. The van der Waals surface area contributed by atoms with Crippen LogP contribution in [0, 0.1) is 5.82 Å². The van der Waals surface area contributed by atoms with Gasteiger partial charge in [-0.05, 0) is 45.4 Å². The molecule has 1 saturated heterocycles. The van der Waals surface area contributed by atoms with Crippen LogP contribution in [0.25, 0.3) is 10.9 Å². The average molecular weight is 403 g/mol. The van der Waals surface area contributed by atoms with Gasteiger partial charge in [-0.15, -0.1) is 0 Å². The fourth-order valence-electron chi connectivity index (χ4n) is 4.35. The Morgan fingerprint density at radius 2 is 1.97 bits per heavy atom. The molecule has 8 heteroatoms. The Hall–Kier alpha value is -2.61. The summed E-state index contributed by atoms with van der Waals surface area (Å²) in [6.07, 6.45) is 1.75. The van der Waals surface area contributed by atoms with Crippen LogP contribution in [0.15, 0.2) is 23.1 Å². The van der Waals surface area contributed by atoms with Gasteiger partial charge in [-0.1, -0.05) is 6.92 Å². The molecule has 2 atom stereocenters. The highest BCUT2D eigenvalue weighted by Gasteiger charge is 2.31. The molecule has 156 valence electrons. The van der Waals surface area contributed by atoms with Crippen molar-refractivity contribution in [2.24, 2.45) is 0 Å². The average Bonchev–Trinajstić information content (AvgIpc) is 3.50. The molecule has 1 N–H and O–H groups in total. The quantitative estimate of drug-likeness (QED) is 0.788. The molecular weight excluding hydrogens is 377 g/mol. The molecular formula is C21H26FN3O4.